The molecule has 0 unspecified atom stereocenters. The lowest BCUT2D eigenvalue weighted by Crippen LogP contribution is -2.31. The maximum absolute atomic E-state index is 12.7. The molecule has 280 valence electrons. The van der Waals surface area contributed by atoms with Crippen molar-refractivity contribution in [3.05, 3.63) is 91.1 Å². The number of unbranched alkanes of at least 4 members (excludes halogenated alkanes) is 13. The fraction of sp³-hybridized carbons (Fsp3) is 0.600. The van der Waals surface area contributed by atoms with Crippen LogP contribution in [0.2, 0.25) is 0 Å². The zero-order valence-corrected chi connectivity index (χ0v) is 31.8. The third-order valence-corrected chi connectivity index (χ3v) is 8.40. The normalized spacial score (nSPS) is 12.6. The Labute approximate surface area is 306 Å². The third-order valence-electron chi connectivity index (χ3n) is 8.40. The first-order valence-electron chi connectivity index (χ1n) is 20.0. The van der Waals surface area contributed by atoms with Gasteiger partial charge in [-0.2, -0.15) is 0 Å². The van der Waals surface area contributed by atoms with E-state index in [2.05, 4.69) is 79.9 Å². The highest BCUT2D eigenvalue weighted by Crippen LogP contribution is 2.12. The molecule has 1 rings (SSSR count). The second kappa shape index (κ2) is 35.5. The second-order valence-corrected chi connectivity index (χ2v) is 13.1. The predicted octanol–water partition coefficient (Wildman–Crippen LogP) is 13.0. The van der Waals surface area contributed by atoms with Crippen LogP contribution in [0.5, 0.6) is 0 Å². The highest BCUT2D eigenvalue weighted by molar-refractivity contribution is 5.70. The zero-order chi connectivity index (χ0) is 36.0. The number of hydrogen-bond acceptors (Lipinski definition) is 5. The lowest BCUT2D eigenvalue weighted by Gasteiger charge is -2.19. The van der Waals surface area contributed by atoms with Gasteiger partial charge in [-0.15, -0.1) is 0 Å². The number of hydrogen-bond donors (Lipinski definition) is 1. The Hall–Kier alpha value is -3.34. The van der Waals surface area contributed by atoms with Crippen molar-refractivity contribution in [1.82, 2.24) is 0 Å². The molecule has 0 saturated heterocycles. The number of rotatable bonds is 33. The molecule has 5 heteroatoms. The Morgan fingerprint density at radius 1 is 0.580 bits per heavy atom. The molecule has 0 fully saturated rings. The molecule has 0 spiro atoms. The van der Waals surface area contributed by atoms with E-state index in [1.807, 2.05) is 30.3 Å². The molecule has 0 aromatic heterocycles. The van der Waals surface area contributed by atoms with Crippen molar-refractivity contribution in [2.24, 2.45) is 0 Å². The monoisotopic (exact) mass is 690 g/mol. The van der Waals surface area contributed by atoms with Gasteiger partial charge in [-0.3, -0.25) is 9.59 Å². The minimum Gasteiger partial charge on any atom is -0.462 e. The predicted molar refractivity (Wildman–Crippen MR) is 214 cm³/mol. The molecule has 1 aromatic carbocycles. The van der Waals surface area contributed by atoms with Gasteiger partial charge >= 0.3 is 11.9 Å². The van der Waals surface area contributed by atoms with Gasteiger partial charge in [0.25, 0.3) is 0 Å². The summed E-state index contributed by atoms with van der Waals surface area (Å²) in [4.78, 5) is 25.1. The number of nitrogens with one attached hydrogen (secondary N) is 1. The minimum atomic E-state index is -0.522. The number of para-hydroxylation sites is 1. The summed E-state index contributed by atoms with van der Waals surface area (Å²) < 4.78 is 11.3. The number of allylic oxidation sites excluding steroid dienone is 10. The third kappa shape index (κ3) is 30.7. The Balaban J connectivity index is 2.20. The lowest BCUT2D eigenvalue weighted by atomic mass is 10.1. The van der Waals surface area contributed by atoms with E-state index in [1.165, 1.54) is 51.4 Å². The Morgan fingerprint density at radius 3 is 1.62 bits per heavy atom. The van der Waals surface area contributed by atoms with Crippen LogP contribution in [-0.2, 0) is 19.1 Å². The first kappa shape index (κ1) is 44.7. The number of carbonyl (C=O) groups excluding carboxylic acids is 2. The molecule has 0 aliphatic carbocycles. The molecule has 0 bridgehead atoms. The van der Waals surface area contributed by atoms with Crippen molar-refractivity contribution >= 4 is 17.6 Å². The minimum absolute atomic E-state index is 0.0730. The molecule has 0 heterocycles. The summed E-state index contributed by atoms with van der Waals surface area (Å²) in [7, 11) is 0. The summed E-state index contributed by atoms with van der Waals surface area (Å²) in [5, 5.41) is 3.31. The molecule has 0 aliphatic heterocycles. The highest BCUT2D eigenvalue weighted by Gasteiger charge is 2.17. The van der Waals surface area contributed by atoms with Gasteiger partial charge in [0.1, 0.15) is 6.61 Å². The first-order valence-corrected chi connectivity index (χ1v) is 20.0. The van der Waals surface area contributed by atoms with E-state index in [0.29, 0.717) is 19.4 Å². The van der Waals surface area contributed by atoms with Gasteiger partial charge in [-0.1, -0.05) is 144 Å². The van der Waals surface area contributed by atoms with Gasteiger partial charge in [-0.05, 0) is 89.2 Å². The standard InChI is InChI=1S/C45H71NO4/c1-3-5-7-9-11-13-15-17-19-21-23-25-27-29-34-38-44(47)49-41-43(40-46-42-36-32-31-33-37-42)50-45(48)39-35-30-28-26-24-22-20-18-16-14-12-10-8-6-4-2/h5,7,11-14,17-20,31-33,36-37,43,46H,3-4,6,8-10,15-16,21-30,34-35,38-41H2,1-2H3/t43-/m1/s1. The second-order valence-electron chi connectivity index (χ2n) is 13.1. The van der Waals surface area contributed by atoms with Gasteiger partial charge in [0.15, 0.2) is 6.10 Å². The molecule has 1 N–H and O–H groups in total. The quantitative estimate of drug-likeness (QED) is 0.0452. The van der Waals surface area contributed by atoms with Crippen molar-refractivity contribution in [3.8, 4) is 0 Å². The summed E-state index contributed by atoms with van der Waals surface area (Å²) >= 11 is 0. The molecular formula is C45H71NO4. The molecule has 0 saturated carbocycles. The largest absolute Gasteiger partial charge is 0.462 e. The van der Waals surface area contributed by atoms with Crippen molar-refractivity contribution in [3.63, 3.8) is 0 Å². The molecule has 1 atom stereocenters. The van der Waals surface area contributed by atoms with Crippen LogP contribution in [0.3, 0.4) is 0 Å². The van der Waals surface area contributed by atoms with Crippen LogP contribution in [-0.4, -0.2) is 31.2 Å². The topological polar surface area (TPSA) is 64.6 Å². The highest BCUT2D eigenvalue weighted by atomic mass is 16.6. The maximum atomic E-state index is 12.7. The molecule has 1 aromatic rings. The van der Waals surface area contributed by atoms with E-state index in [-0.39, 0.29) is 18.5 Å². The summed E-state index contributed by atoms with van der Waals surface area (Å²) in [5.41, 5.74) is 0.941. The van der Waals surface area contributed by atoms with Crippen LogP contribution in [0, 0.1) is 0 Å². The molecule has 0 aliphatic rings. The summed E-state index contributed by atoms with van der Waals surface area (Å²) in [6.07, 6.45) is 44.9. The van der Waals surface area contributed by atoms with Gasteiger partial charge in [0.2, 0.25) is 0 Å². The average Bonchev–Trinajstić information content (AvgIpc) is 3.13. The fourth-order valence-electron chi connectivity index (χ4n) is 5.39. The molecule has 50 heavy (non-hydrogen) atoms. The van der Waals surface area contributed by atoms with Crippen LogP contribution >= 0.6 is 0 Å². The first-order chi connectivity index (χ1) is 24.7. The van der Waals surface area contributed by atoms with Crippen LogP contribution in [0.25, 0.3) is 0 Å². The van der Waals surface area contributed by atoms with Crippen LogP contribution in [0.1, 0.15) is 155 Å². The number of esters is 2. The van der Waals surface area contributed by atoms with Crippen molar-refractivity contribution in [2.45, 2.75) is 161 Å². The molecular weight excluding hydrogens is 618 g/mol. The van der Waals surface area contributed by atoms with Crippen LogP contribution in [0.4, 0.5) is 5.69 Å². The molecule has 5 nitrogen and oxygen atoms in total. The molecule has 0 amide bonds. The number of ether oxygens (including phenoxy) is 2. The fourth-order valence-corrected chi connectivity index (χ4v) is 5.39. The van der Waals surface area contributed by atoms with Crippen LogP contribution < -0.4 is 5.32 Å². The Kier molecular flexibility index (Phi) is 31.7. The summed E-state index contributed by atoms with van der Waals surface area (Å²) in [5.74, 6) is -0.446. The Bertz CT molecular complexity index is 1070. The van der Waals surface area contributed by atoms with Crippen molar-refractivity contribution in [2.75, 3.05) is 18.5 Å². The van der Waals surface area contributed by atoms with Gasteiger partial charge in [-0.25, -0.2) is 0 Å². The Morgan fingerprint density at radius 2 is 1.06 bits per heavy atom. The van der Waals surface area contributed by atoms with E-state index >= 15 is 0 Å². The number of carbonyl (C=O) groups is 2. The molecule has 0 radical (unpaired) electrons. The maximum Gasteiger partial charge on any atom is 0.306 e. The number of benzene rings is 1. The zero-order valence-electron chi connectivity index (χ0n) is 31.8. The van der Waals surface area contributed by atoms with Gasteiger partial charge in [0, 0.05) is 18.5 Å². The van der Waals surface area contributed by atoms with E-state index in [9.17, 15) is 9.59 Å². The van der Waals surface area contributed by atoms with E-state index < -0.39 is 6.10 Å². The SMILES string of the molecule is CCC=CCC=CCC=CCCCCCCCC(=O)OC[C@@H](CNc1ccccc1)OC(=O)CCCCCCCC=CCC=CCCCCC. The van der Waals surface area contributed by atoms with Crippen molar-refractivity contribution < 1.29 is 19.1 Å². The average molecular weight is 690 g/mol. The van der Waals surface area contributed by atoms with Gasteiger partial charge in [0.05, 0.1) is 6.54 Å². The number of anilines is 1. The van der Waals surface area contributed by atoms with E-state index in [1.54, 1.807) is 0 Å². The van der Waals surface area contributed by atoms with E-state index in [0.717, 1.165) is 82.7 Å². The lowest BCUT2D eigenvalue weighted by molar-refractivity contribution is -0.158. The van der Waals surface area contributed by atoms with E-state index in [4.69, 9.17) is 9.47 Å². The summed E-state index contributed by atoms with van der Waals surface area (Å²) in [6.45, 7) is 4.86. The van der Waals surface area contributed by atoms with Crippen molar-refractivity contribution in [1.29, 1.82) is 0 Å². The van der Waals surface area contributed by atoms with Gasteiger partial charge < -0.3 is 14.8 Å². The van der Waals surface area contributed by atoms with Crippen LogP contribution in [0.15, 0.2) is 91.1 Å². The smallest absolute Gasteiger partial charge is 0.306 e. The summed E-state index contributed by atoms with van der Waals surface area (Å²) in [6, 6.07) is 9.81.